The fraction of sp³-hybridized carbons (Fsp3) is 1.00. The van der Waals surface area contributed by atoms with Crippen molar-refractivity contribution in [3.05, 3.63) is 0 Å². The van der Waals surface area contributed by atoms with Gasteiger partial charge in [-0.2, -0.15) is 0 Å². The Balaban J connectivity index is 2.65. The molecule has 0 amide bonds. The fourth-order valence-corrected chi connectivity index (χ4v) is 0.446. The summed E-state index contributed by atoms with van der Waals surface area (Å²) in [5, 5.41) is 0. The van der Waals surface area contributed by atoms with E-state index in [4.69, 9.17) is 15.2 Å². The first-order chi connectivity index (χ1) is 4.91. The van der Waals surface area contributed by atoms with Crippen LogP contribution in [0.2, 0.25) is 0 Å². The highest BCUT2D eigenvalue weighted by molar-refractivity contribution is 4.30. The van der Waals surface area contributed by atoms with E-state index in [2.05, 4.69) is 4.74 Å². The minimum absolute atomic E-state index is 0.325. The van der Waals surface area contributed by atoms with Crippen molar-refractivity contribution < 1.29 is 14.2 Å². The summed E-state index contributed by atoms with van der Waals surface area (Å²) in [7, 11) is 1.58. The summed E-state index contributed by atoms with van der Waals surface area (Å²) < 4.78 is 14.6. The molecule has 0 aromatic heterocycles. The molecule has 0 rings (SSSR count). The molecule has 0 atom stereocenters. The molecule has 0 fully saturated rings. The van der Waals surface area contributed by atoms with Gasteiger partial charge in [-0.3, -0.25) is 0 Å². The second-order valence-electron chi connectivity index (χ2n) is 1.72. The fourth-order valence-electron chi connectivity index (χ4n) is 0.446. The second-order valence-corrected chi connectivity index (χ2v) is 1.72. The molecule has 0 saturated carbocycles. The van der Waals surface area contributed by atoms with Crippen LogP contribution in [-0.2, 0) is 14.2 Å². The lowest BCUT2D eigenvalue weighted by Gasteiger charge is -2.02. The van der Waals surface area contributed by atoms with Crippen molar-refractivity contribution in [2.75, 3.05) is 40.3 Å². The molecule has 0 radical (unpaired) electrons. The Hall–Kier alpha value is -0.160. The first-order valence-corrected chi connectivity index (χ1v) is 3.26. The zero-order valence-corrected chi connectivity index (χ0v) is 6.34. The molecule has 0 heterocycles. The van der Waals surface area contributed by atoms with Gasteiger partial charge in [0.1, 0.15) is 6.79 Å². The summed E-state index contributed by atoms with van der Waals surface area (Å²) in [5.74, 6) is 0. The van der Waals surface area contributed by atoms with Gasteiger partial charge >= 0.3 is 0 Å². The van der Waals surface area contributed by atoms with Gasteiger partial charge in [-0.1, -0.05) is 0 Å². The Kier molecular flexibility index (Phi) is 8.70. The maximum atomic E-state index is 5.18. The summed E-state index contributed by atoms with van der Waals surface area (Å²) in [5.41, 5.74) is 5.18. The van der Waals surface area contributed by atoms with Gasteiger partial charge in [-0.05, 0) is 0 Å². The second kappa shape index (κ2) is 8.84. The van der Waals surface area contributed by atoms with Gasteiger partial charge in [0.15, 0.2) is 0 Å². The Labute approximate surface area is 61.2 Å². The standard InChI is InChI=1S/C6H15NO3/c1-8-6-10-5-4-9-3-2-7/h2-7H2,1H3. The zero-order chi connectivity index (χ0) is 7.66. The highest BCUT2D eigenvalue weighted by Gasteiger charge is 1.85. The summed E-state index contributed by atoms with van der Waals surface area (Å²) in [6, 6.07) is 0. The summed E-state index contributed by atoms with van der Waals surface area (Å²) in [4.78, 5) is 0. The van der Waals surface area contributed by atoms with E-state index in [9.17, 15) is 0 Å². The number of nitrogens with two attached hydrogens (primary N) is 1. The number of hydrogen-bond donors (Lipinski definition) is 1. The van der Waals surface area contributed by atoms with E-state index in [0.717, 1.165) is 0 Å². The maximum absolute atomic E-state index is 5.18. The molecule has 0 aliphatic rings. The SMILES string of the molecule is COCOCCOCCN. The summed E-state index contributed by atoms with van der Waals surface area (Å²) >= 11 is 0. The highest BCUT2D eigenvalue weighted by atomic mass is 16.7. The van der Waals surface area contributed by atoms with Crippen LogP contribution in [0.1, 0.15) is 0 Å². The number of hydrogen-bond acceptors (Lipinski definition) is 4. The quantitative estimate of drug-likeness (QED) is 0.394. The largest absolute Gasteiger partial charge is 0.378 e. The van der Waals surface area contributed by atoms with E-state index in [-0.39, 0.29) is 0 Å². The van der Waals surface area contributed by atoms with Crippen LogP contribution in [0.3, 0.4) is 0 Å². The van der Waals surface area contributed by atoms with Crippen molar-refractivity contribution in [2.45, 2.75) is 0 Å². The molecule has 0 unspecified atom stereocenters. The van der Waals surface area contributed by atoms with Gasteiger partial charge in [0.25, 0.3) is 0 Å². The van der Waals surface area contributed by atoms with Gasteiger partial charge in [0.05, 0.1) is 19.8 Å². The molecule has 0 aromatic carbocycles. The van der Waals surface area contributed by atoms with Crippen LogP contribution in [-0.4, -0.2) is 40.3 Å². The van der Waals surface area contributed by atoms with Crippen LogP contribution in [0.5, 0.6) is 0 Å². The Morgan fingerprint density at radius 2 is 1.80 bits per heavy atom. The number of ether oxygens (including phenoxy) is 3. The smallest absolute Gasteiger partial charge is 0.146 e. The van der Waals surface area contributed by atoms with Crippen molar-refractivity contribution in [1.29, 1.82) is 0 Å². The lowest BCUT2D eigenvalue weighted by atomic mass is 10.7. The van der Waals surface area contributed by atoms with Crippen LogP contribution in [0.25, 0.3) is 0 Å². The van der Waals surface area contributed by atoms with Gasteiger partial charge in [-0.25, -0.2) is 0 Å². The van der Waals surface area contributed by atoms with Gasteiger partial charge in [-0.15, -0.1) is 0 Å². The van der Waals surface area contributed by atoms with E-state index in [1.807, 2.05) is 0 Å². The molecular formula is C6H15NO3. The van der Waals surface area contributed by atoms with Crippen LogP contribution in [0.4, 0.5) is 0 Å². The molecule has 2 N–H and O–H groups in total. The Morgan fingerprint density at radius 3 is 2.40 bits per heavy atom. The van der Waals surface area contributed by atoms with E-state index < -0.39 is 0 Å². The monoisotopic (exact) mass is 149 g/mol. The van der Waals surface area contributed by atoms with Crippen LogP contribution in [0.15, 0.2) is 0 Å². The third-order valence-corrected chi connectivity index (χ3v) is 0.835. The van der Waals surface area contributed by atoms with Gasteiger partial charge in [0, 0.05) is 13.7 Å². The molecule has 0 spiro atoms. The molecule has 10 heavy (non-hydrogen) atoms. The average Bonchev–Trinajstić information content (AvgIpc) is 1.97. The topological polar surface area (TPSA) is 53.7 Å². The molecule has 0 aliphatic carbocycles. The third-order valence-electron chi connectivity index (χ3n) is 0.835. The molecule has 62 valence electrons. The molecule has 4 nitrogen and oxygen atoms in total. The van der Waals surface area contributed by atoms with Crippen molar-refractivity contribution in [1.82, 2.24) is 0 Å². The Bertz CT molecular complexity index is 53.0. The number of methoxy groups -OCH3 is 1. The van der Waals surface area contributed by atoms with Crippen LogP contribution in [0, 0.1) is 0 Å². The molecule has 4 heteroatoms. The van der Waals surface area contributed by atoms with E-state index >= 15 is 0 Å². The Morgan fingerprint density at radius 1 is 1.10 bits per heavy atom. The highest BCUT2D eigenvalue weighted by Crippen LogP contribution is 1.77. The van der Waals surface area contributed by atoms with E-state index in [0.29, 0.717) is 33.2 Å². The predicted octanol–water partition coefficient (Wildman–Crippen LogP) is -0.418. The minimum Gasteiger partial charge on any atom is -0.378 e. The molecule has 0 bridgehead atoms. The maximum Gasteiger partial charge on any atom is 0.146 e. The van der Waals surface area contributed by atoms with Crippen molar-refractivity contribution in [3.8, 4) is 0 Å². The first-order valence-electron chi connectivity index (χ1n) is 3.26. The summed E-state index contributed by atoms with van der Waals surface area (Å²) in [6.07, 6.45) is 0. The van der Waals surface area contributed by atoms with Gasteiger partial charge < -0.3 is 19.9 Å². The average molecular weight is 149 g/mol. The lowest BCUT2D eigenvalue weighted by molar-refractivity contribution is -0.0500. The minimum atomic E-state index is 0.325. The van der Waals surface area contributed by atoms with Crippen molar-refractivity contribution in [2.24, 2.45) is 5.73 Å². The number of rotatable bonds is 7. The molecule has 0 saturated heterocycles. The molecule has 0 aliphatic heterocycles. The zero-order valence-electron chi connectivity index (χ0n) is 6.34. The van der Waals surface area contributed by atoms with Crippen molar-refractivity contribution in [3.63, 3.8) is 0 Å². The van der Waals surface area contributed by atoms with Crippen LogP contribution >= 0.6 is 0 Å². The van der Waals surface area contributed by atoms with Crippen molar-refractivity contribution >= 4 is 0 Å². The van der Waals surface area contributed by atoms with E-state index in [1.165, 1.54) is 0 Å². The van der Waals surface area contributed by atoms with Gasteiger partial charge in [0.2, 0.25) is 0 Å². The lowest BCUT2D eigenvalue weighted by Crippen LogP contribution is -2.12. The third kappa shape index (κ3) is 7.84. The first kappa shape index (κ1) is 9.84. The van der Waals surface area contributed by atoms with E-state index in [1.54, 1.807) is 7.11 Å². The normalized spacial score (nSPS) is 10.2. The predicted molar refractivity (Wildman–Crippen MR) is 37.7 cm³/mol. The summed E-state index contributed by atoms with van der Waals surface area (Å²) in [6.45, 7) is 2.63. The van der Waals surface area contributed by atoms with Crippen LogP contribution < -0.4 is 5.73 Å². The molecule has 0 aromatic rings. The molecular weight excluding hydrogens is 134 g/mol.